The standard InChI is InChI=1S/C18H17ClFN3O2/c1-11-6-7-14(19)10-16(11)21-17(24)8-12(2)22-23-18(25)13-4-3-5-15(20)9-13/h3-7,9-10H,8H2,1-2H3,(H,21,24)(H,23,25). The molecule has 5 nitrogen and oxygen atoms in total. The lowest BCUT2D eigenvalue weighted by Crippen LogP contribution is -2.21. The van der Waals surface area contributed by atoms with Crippen molar-refractivity contribution >= 4 is 34.8 Å². The van der Waals surface area contributed by atoms with Gasteiger partial charge in [0.25, 0.3) is 5.91 Å². The van der Waals surface area contributed by atoms with Gasteiger partial charge in [0.2, 0.25) is 5.91 Å². The van der Waals surface area contributed by atoms with E-state index in [0.29, 0.717) is 16.4 Å². The van der Waals surface area contributed by atoms with Crippen molar-refractivity contribution in [3.63, 3.8) is 0 Å². The summed E-state index contributed by atoms with van der Waals surface area (Å²) in [4.78, 5) is 23.9. The zero-order valence-electron chi connectivity index (χ0n) is 13.8. The Balaban J connectivity index is 1.93. The smallest absolute Gasteiger partial charge is 0.271 e. The molecule has 0 bridgehead atoms. The van der Waals surface area contributed by atoms with Gasteiger partial charge in [-0.3, -0.25) is 9.59 Å². The third-order valence-electron chi connectivity index (χ3n) is 3.33. The van der Waals surface area contributed by atoms with Crippen molar-refractivity contribution in [3.8, 4) is 0 Å². The van der Waals surface area contributed by atoms with Crippen LogP contribution < -0.4 is 10.7 Å². The second kappa shape index (κ2) is 8.39. The highest BCUT2D eigenvalue weighted by atomic mass is 35.5. The van der Waals surface area contributed by atoms with Crippen molar-refractivity contribution in [2.45, 2.75) is 20.3 Å². The monoisotopic (exact) mass is 361 g/mol. The summed E-state index contributed by atoms with van der Waals surface area (Å²) < 4.78 is 13.1. The SMILES string of the molecule is CC(CC(=O)Nc1cc(Cl)ccc1C)=NNC(=O)c1cccc(F)c1. The highest BCUT2D eigenvalue weighted by molar-refractivity contribution is 6.31. The lowest BCUT2D eigenvalue weighted by molar-refractivity contribution is -0.115. The summed E-state index contributed by atoms with van der Waals surface area (Å²) in [7, 11) is 0. The Labute approximate surface area is 149 Å². The summed E-state index contributed by atoms with van der Waals surface area (Å²) >= 11 is 5.91. The Kier molecular flexibility index (Phi) is 6.25. The Hall–Kier alpha value is -2.73. The number of hydrazone groups is 1. The number of rotatable bonds is 5. The molecule has 0 saturated heterocycles. The van der Waals surface area contributed by atoms with Crippen molar-refractivity contribution in [1.29, 1.82) is 0 Å². The maximum atomic E-state index is 13.1. The van der Waals surface area contributed by atoms with Crippen LogP contribution in [-0.4, -0.2) is 17.5 Å². The molecule has 7 heteroatoms. The molecule has 2 N–H and O–H groups in total. The largest absolute Gasteiger partial charge is 0.325 e. The van der Waals surface area contributed by atoms with Gasteiger partial charge < -0.3 is 5.32 Å². The molecule has 0 atom stereocenters. The first-order valence-corrected chi connectivity index (χ1v) is 7.88. The molecule has 0 fully saturated rings. The van der Waals surface area contributed by atoms with E-state index in [4.69, 9.17) is 11.6 Å². The maximum Gasteiger partial charge on any atom is 0.271 e. The van der Waals surface area contributed by atoms with Gasteiger partial charge in [-0.1, -0.05) is 23.7 Å². The van der Waals surface area contributed by atoms with Crippen LogP contribution >= 0.6 is 11.6 Å². The fourth-order valence-electron chi connectivity index (χ4n) is 2.04. The van der Waals surface area contributed by atoms with Crippen LogP contribution in [0.3, 0.4) is 0 Å². The quantitative estimate of drug-likeness (QED) is 0.626. The fourth-order valence-corrected chi connectivity index (χ4v) is 2.21. The summed E-state index contributed by atoms with van der Waals surface area (Å²) in [6.07, 6.45) is -0.00458. The number of benzene rings is 2. The van der Waals surface area contributed by atoms with Crippen LogP contribution in [0.4, 0.5) is 10.1 Å². The van der Waals surface area contributed by atoms with Gasteiger partial charge in [-0.15, -0.1) is 0 Å². The molecular weight excluding hydrogens is 345 g/mol. The molecule has 0 spiro atoms. The predicted octanol–water partition coefficient (Wildman–Crippen LogP) is 3.92. The van der Waals surface area contributed by atoms with Gasteiger partial charge in [0, 0.05) is 22.0 Å². The lowest BCUT2D eigenvalue weighted by atomic mass is 10.2. The second-order valence-corrected chi connectivity index (χ2v) is 5.92. The molecule has 0 aliphatic rings. The summed E-state index contributed by atoms with van der Waals surface area (Å²) in [5.41, 5.74) is 4.35. The van der Waals surface area contributed by atoms with Crippen LogP contribution in [-0.2, 0) is 4.79 Å². The molecule has 2 aromatic carbocycles. The molecule has 0 aliphatic carbocycles. The molecule has 2 aromatic rings. The first kappa shape index (κ1) is 18.6. The Morgan fingerprint density at radius 2 is 1.96 bits per heavy atom. The van der Waals surface area contributed by atoms with Crippen LogP contribution in [0, 0.1) is 12.7 Å². The maximum absolute atomic E-state index is 13.1. The second-order valence-electron chi connectivity index (χ2n) is 5.48. The molecular formula is C18H17ClFN3O2. The molecule has 0 saturated carbocycles. The molecule has 2 amide bonds. The number of halogens is 2. The molecule has 0 aliphatic heterocycles. The van der Waals surface area contributed by atoms with Gasteiger partial charge in [0.1, 0.15) is 5.82 Å². The first-order valence-electron chi connectivity index (χ1n) is 7.50. The highest BCUT2D eigenvalue weighted by Gasteiger charge is 2.09. The van der Waals surface area contributed by atoms with Gasteiger partial charge in [-0.2, -0.15) is 5.10 Å². The van der Waals surface area contributed by atoms with E-state index >= 15 is 0 Å². The van der Waals surface area contributed by atoms with Crippen molar-refractivity contribution in [3.05, 3.63) is 64.4 Å². The first-order chi connectivity index (χ1) is 11.8. The van der Waals surface area contributed by atoms with E-state index in [-0.39, 0.29) is 17.9 Å². The number of amides is 2. The molecule has 130 valence electrons. The van der Waals surface area contributed by atoms with Crippen molar-refractivity contribution < 1.29 is 14.0 Å². The summed E-state index contributed by atoms with van der Waals surface area (Å²) in [6.45, 7) is 3.46. The third kappa shape index (κ3) is 5.69. The van der Waals surface area contributed by atoms with Gasteiger partial charge in [-0.05, 0) is 49.7 Å². The number of nitrogens with one attached hydrogen (secondary N) is 2. The molecule has 25 heavy (non-hydrogen) atoms. The van der Waals surface area contributed by atoms with E-state index in [9.17, 15) is 14.0 Å². The minimum Gasteiger partial charge on any atom is -0.325 e. The van der Waals surface area contributed by atoms with Crippen LogP contribution in [0.5, 0.6) is 0 Å². The highest BCUT2D eigenvalue weighted by Crippen LogP contribution is 2.20. The third-order valence-corrected chi connectivity index (χ3v) is 3.56. The van der Waals surface area contributed by atoms with Crippen molar-refractivity contribution in [2.24, 2.45) is 5.10 Å². The van der Waals surface area contributed by atoms with E-state index in [1.54, 1.807) is 25.1 Å². The Morgan fingerprint density at radius 3 is 2.68 bits per heavy atom. The van der Waals surface area contributed by atoms with Crippen LogP contribution in [0.15, 0.2) is 47.6 Å². The average molecular weight is 362 g/mol. The van der Waals surface area contributed by atoms with Gasteiger partial charge in [0.05, 0.1) is 6.42 Å². The van der Waals surface area contributed by atoms with Crippen molar-refractivity contribution in [2.75, 3.05) is 5.32 Å². The zero-order chi connectivity index (χ0) is 18.4. The molecule has 0 radical (unpaired) electrons. The van der Waals surface area contributed by atoms with Gasteiger partial charge in [0.15, 0.2) is 0 Å². The van der Waals surface area contributed by atoms with E-state index < -0.39 is 11.7 Å². The summed E-state index contributed by atoms with van der Waals surface area (Å²) in [5.74, 6) is -1.35. The topological polar surface area (TPSA) is 70.6 Å². The van der Waals surface area contributed by atoms with Gasteiger partial charge >= 0.3 is 0 Å². The number of anilines is 1. The molecule has 0 unspecified atom stereocenters. The van der Waals surface area contributed by atoms with E-state index in [1.807, 2.05) is 6.92 Å². The minimum atomic E-state index is -0.551. The van der Waals surface area contributed by atoms with Crippen LogP contribution in [0.25, 0.3) is 0 Å². The van der Waals surface area contributed by atoms with E-state index in [0.717, 1.165) is 11.6 Å². The van der Waals surface area contributed by atoms with Crippen LogP contribution in [0.1, 0.15) is 29.3 Å². The zero-order valence-corrected chi connectivity index (χ0v) is 14.5. The Bertz CT molecular complexity index is 837. The molecule has 0 aromatic heterocycles. The fraction of sp³-hybridized carbons (Fsp3) is 0.167. The summed E-state index contributed by atoms with van der Waals surface area (Å²) in [5, 5.41) is 7.12. The van der Waals surface area contributed by atoms with Crippen molar-refractivity contribution in [1.82, 2.24) is 5.43 Å². The number of nitrogens with zero attached hydrogens (tertiary/aromatic N) is 1. The minimum absolute atomic E-state index is 0.00458. The van der Waals surface area contributed by atoms with E-state index in [1.165, 1.54) is 18.2 Å². The molecule has 0 heterocycles. The van der Waals surface area contributed by atoms with E-state index in [2.05, 4.69) is 15.8 Å². The number of hydrogen-bond acceptors (Lipinski definition) is 3. The number of carbonyl (C=O) groups excluding carboxylic acids is 2. The normalized spacial score (nSPS) is 11.1. The predicted molar refractivity (Wildman–Crippen MR) is 96.4 cm³/mol. The lowest BCUT2D eigenvalue weighted by Gasteiger charge is -2.09. The number of carbonyl (C=O) groups is 2. The van der Waals surface area contributed by atoms with Gasteiger partial charge in [-0.25, -0.2) is 9.82 Å². The number of hydrogen-bond donors (Lipinski definition) is 2. The Morgan fingerprint density at radius 1 is 1.20 bits per heavy atom. The summed E-state index contributed by atoms with van der Waals surface area (Å²) in [6, 6.07) is 10.5. The average Bonchev–Trinajstić information content (AvgIpc) is 2.56. The number of aryl methyl sites for hydroxylation is 1. The molecule has 2 rings (SSSR count). The van der Waals surface area contributed by atoms with Crippen LogP contribution in [0.2, 0.25) is 5.02 Å².